The number of hydrogen-bond acceptors (Lipinski definition) is 5. The summed E-state index contributed by atoms with van der Waals surface area (Å²) in [4.78, 5) is 39.7. The molecule has 2 aromatic carbocycles. The van der Waals surface area contributed by atoms with Crippen molar-refractivity contribution in [2.75, 3.05) is 45.8 Å². The minimum atomic E-state index is -1.87. The highest BCUT2D eigenvalue weighted by atomic mass is 16.6. The van der Waals surface area contributed by atoms with Gasteiger partial charge in [0.25, 0.3) is 0 Å². The van der Waals surface area contributed by atoms with Crippen LogP contribution in [0.1, 0.15) is 50.2 Å². The average molecular weight is 549 g/mol. The quantitative estimate of drug-likeness (QED) is 0.286. The molecule has 2 aromatic rings. The Morgan fingerprint density at radius 1 is 0.950 bits per heavy atom. The van der Waals surface area contributed by atoms with Crippen LogP contribution in [0.4, 0.5) is 0 Å². The summed E-state index contributed by atoms with van der Waals surface area (Å²) in [6.07, 6.45) is 4.05. The Kier molecular flexibility index (Phi) is 8.57. The second-order valence-electron chi connectivity index (χ2n) is 11.8. The molecular formula is C32H42N3O5+. The van der Waals surface area contributed by atoms with E-state index in [0.29, 0.717) is 36.7 Å². The van der Waals surface area contributed by atoms with Crippen LogP contribution in [0.25, 0.3) is 0 Å². The number of esters is 1. The maximum Gasteiger partial charge on any atom is 0.348 e. The SMILES string of the molecule is CC(=O)N1CCC(C(=O)NCCC[N+]23CCC(CC2)[C@@H](OC(=O)C(O)(c2ccccc2)c2ccccc2)C3)CC1. The molecule has 0 unspecified atom stereocenters. The number of likely N-dealkylation sites (tertiary alicyclic amines) is 1. The Labute approximate surface area is 236 Å². The molecule has 1 atom stereocenters. The molecular weight excluding hydrogens is 506 g/mol. The van der Waals surface area contributed by atoms with Gasteiger partial charge in [0, 0.05) is 57.7 Å². The van der Waals surface area contributed by atoms with Gasteiger partial charge in [-0.3, -0.25) is 9.59 Å². The number of quaternary nitrogens is 1. The van der Waals surface area contributed by atoms with E-state index in [0.717, 1.165) is 62.8 Å². The Hall–Kier alpha value is -3.23. The molecule has 2 bridgehead atoms. The number of nitrogens with one attached hydrogen (secondary N) is 1. The summed E-state index contributed by atoms with van der Waals surface area (Å²) in [6.45, 7) is 7.28. The Bertz CT molecular complexity index is 1130. The number of ether oxygens (including phenoxy) is 1. The van der Waals surface area contributed by atoms with Crippen LogP contribution < -0.4 is 5.32 Å². The summed E-state index contributed by atoms with van der Waals surface area (Å²) < 4.78 is 7.06. The largest absolute Gasteiger partial charge is 0.453 e. The molecule has 214 valence electrons. The molecule has 0 radical (unpaired) electrons. The number of hydrogen-bond donors (Lipinski definition) is 2. The summed E-state index contributed by atoms with van der Waals surface area (Å²) in [5, 5.41) is 14.9. The Morgan fingerprint density at radius 2 is 1.52 bits per heavy atom. The van der Waals surface area contributed by atoms with Crippen LogP contribution >= 0.6 is 0 Å². The third kappa shape index (κ3) is 5.93. The maximum absolute atomic E-state index is 13.7. The van der Waals surface area contributed by atoms with E-state index < -0.39 is 11.6 Å². The molecule has 0 aliphatic carbocycles. The third-order valence-electron chi connectivity index (χ3n) is 9.40. The molecule has 4 heterocycles. The van der Waals surface area contributed by atoms with Crippen molar-refractivity contribution in [3.8, 4) is 0 Å². The summed E-state index contributed by atoms with van der Waals surface area (Å²) in [7, 11) is 0. The van der Waals surface area contributed by atoms with E-state index >= 15 is 0 Å². The smallest absolute Gasteiger partial charge is 0.348 e. The predicted molar refractivity (Wildman–Crippen MR) is 151 cm³/mol. The molecule has 40 heavy (non-hydrogen) atoms. The van der Waals surface area contributed by atoms with Crippen molar-refractivity contribution in [2.24, 2.45) is 11.8 Å². The first-order chi connectivity index (χ1) is 19.3. The number of benzene rings is 2. The van der Waals surface area contributed by atoms with Gasteiger partial charge in [-0.15, -0.1) is 0 Å². The van der Waals surface area contributed by atoms with Crippen molar-refractivity contribution in [1.29, 1.82) is 0 Å². The van der Waals surface area contributed by atoms with Crippen molar-refractivity contribution in [3.63, 3.8) is 0 Å². The lowest BCUT2D eigenvalue weighted by atomic mass is 9.82. The Morgan fingerprint density at radius 3 is 2.08 bits per heavy atom. The molecule has 0 spiro atoms. The van der Waals surface area contributed by atoms with Crippen molar-refractivity contribution in [1.82, 2.24) is 10.2 Å². The number of carbonyl (C=O) groups is 3. The number of carbonyl (C=O) groups excluding carboxylic acids is 3. The van der Waals surface area contributed by atoms with Gasteiger partial charge in [0.05, 0.1) is 19.6 Å². The van der Waals surface area contributed by atoms with Gasteiger partial charge in [-0.05, 0) is 24.0 Å². The molecule has 4 aliphatic heterocycles. The number of nitrogens with zero attached hydrogens (tertiary/aromatic N) is 2. The molecule has 4 saturated heterocycles. The van der Waals surface area contributed by atoms with E-state index in [2.05, 4.69) is 5.32 Å². The van der Waals surface area contributed by atoms with E-state index in [1.807, 2.05) is 41.3 Å². The van der Waals surface area contributed by atoms with Crippen molar-refractivity contribution < 1.29 is 28.7 Å². The standard InChI is InChI=1S/C32H41N3O5/c1-24(36)34-18-13-26(14-19-34)30(37)33-17-8-20-35-21-15-25(16-22-35)29(23-35)40-31(38)32(39,27-9-4-2-5-10-27)28-11-6-3-7-12-28/h2-7,9-12,25-26,29,39H,8,13-23H2,1H3/p+1/t25?,29-,35?/m0/s1. The van der Waals surface area contributed by atoms with Crippen LogP contribution in [-0.4, -0.2) is 84.2 Å². The van der Waals surface area contributed by atoms with Crippen LogP contribution in [0.3, 0.4) is 0 Å². The average Bonchev–Trinajstić information content (AvgIpc) is 3.00. The monoisotopic (exact) mass is 548 g/mol. The zero-order valence-corrected chi connectivity index (χ0v) is 23.5. The lowest BCUT2D eigenvalue weighted by Crippen LogP contribution is -2.65. The number of rotatable bonds is 9. The molecule has 0 aromatic heterocycles. The normalized spacial score (nSPS) is 24.9. The summed E-state index contributed by atoms with van der Waals surface area (Å²) in [6, 6.07) is 18.1. The van der Waals surface area contributed by atoms with Crippen molar-refractivity contribution in [3.05, 3.63) is 71.8 Å². The van der Waals surface area contributed by atoms with Gasteiger partial charge >= 0.3 is 5.97 Å². The molecule has 2 amide bonds. The molecule has 8 nitrogen and oxygen atoms in total. The third-order valence-corrected chi connectivity index (χ3v) is 9.40. The fourth-order valence-electron chi connectivity index (χ4n) is 6.88. The van der Waals surface area contributed by atoms with Crippen LogP contribution in [0.15, 0.2) is 60.7 Å². The second kappa shape index (κ2) is 12.1. The lowest BCUT2D eigenvalue weighted by Gasteiger charge is -2.52. The lowest BCUT2D eigenvalue weighted by molar-refractivity contribution is -0.946. The molecule has 8 heteroatoms. The van der Waals surface area contributed by atoms with Crippen LogP contribution in [0.5, 0.6) is 0 Å². The van der Waals surface area contributed by atoms with Crippen LogP contribution in [0, 0.1) is 11.8 Å². The first kappa shape index (κ1) is 28.3. The van der Waals surface area contributed by atoms with Gasteiger partial charge in [0.15, 0.2) is 6.10 Å². The van der Waals surface area contributed by atoms with Gasteiger partial charge in [0.1, 0.15) is 6.54 Å². The molecule has 4 fully saturated rings. The van der Waals surface area contributed by atoms with E-state index in [9.17, 15) is 19.5 Å². The fourth-order valence-corrected chi connectivity index (χ4v) is 6.88. The number of aliphatic hydroxyl groups is 1. The van der Waals surface area contributed by atoms with Crippen LogP contribution in [-0.2, 0) is 24.7 Å². The summed E-state index contributed by atoms with van der Waals surface area (Å²) >= 11 is 0. The van der Waals surface area contributed by atoms with Gasteiger partial charge in [-0.2, -0.15) is 0 Å². The fraction of sp³-hybridized carbons (Fsp3) is 0.531. The van der Waals surface area contributed by atoms with Crippen molar-refractivity contribution >= 4 is 17.8 Å². The minimum absolute atomic E-state index is 0.0230. The highest BCUT2D eigenvalue weighted by Gasteiger charge is 2.50. The van der Waals surface area contributed by atoms with Crippen molar-refractivity contribution in [2.45, 2.75) is 50.7 Å². The number of piperidine rings is 4. The molecule has 6 rings (SSSR count). The molecule has 0 saturated carbocycles. The minimum Gasteiger partial charge on any atom is -0.453 e. The van der Waals surface area contributed by atoms with Gasteiger partial charge in [0.2, 0.25) is 17.4 Å². The maximum atomic E-state index is 13.7. The Balaban J connectivity index is 1.17. The number of amides is 2. The van der Waals surface area contributed by atoms with E-state index in [1.165, 1.54) is 0 Å². The van der Waals surface area contributed by atoms with E-state index in [1.54, 1.807) is 31.2 Å². The summed E-state index contributed by atoms with van der Waals surface area (Å²) in [5.41, 5.74) is -0.873. The van der Waals surface area contributed by atoms with Crippen LogP contribution in [0.2, 0.25) is 0 Å². The highest BCUT2D eigenvalue weighted by Crippen LogP contribution is 2.38. The van der Waals surface area contributed by atoms with Gasteiger partial charge in [-0.25, -0.2) is 4.79 Å². The zero-order chi connectivity index (χ0) is 28.2. The second-order valence-corrected chi connectivity index (χ2v) is 11.8. The van der Waals surface area contributed by atoms with Gasteiger partial charge < -0.3 is 24.5 Å². The number of fused-ring (bicyclic) bond motifs is 3. The van der Waals surface area contributed by atoms with E-state index in [4.69, 9.17) is 4.74 Å². The first-order valence-electron chi connectivity index (χ1n) is 14.7. The first-order valence-corrected chi connectivity index (χ1v) is 14.7. The zero-order valence-electron chi connectivity index (χ0n) is 23.5. The van der Waals surface area contributed by atoms with Gasteiger partial charge in [-0.1, -0.05) is 60.7 Å². The topological polar surface area (TPSA) is 95.9 Å². The summed E-state index contributed by atoms with van der Waals surface area (Å²) in [5.74, 6) is -0.171. The highest BCUT2D eigenvalue weighted by molar-refractivity contribution is 5.85. The molecule has 4 aliphatic rings. The van der Waals surface area contributed by atoms with E-state index in [-0.39, 0.29) is 23.8 Å². The predicted octanol–water partition coefficient (Wildman–Crippen LogP) is 2.84. The molecule has 2 N–H and O–H groups in total.